The molecule has 4 nitrogen and oxygen atoms in total. The van der Waals surface area contributed by atoms with Gasteiger partial charge in [-0.05, 0) is 49.3 Å². The van der Waals surface area contributed by atoms with Crippen LogP contribution in [0.15, 0.2) is 4.47 Å². The van der Waals surface area contributed by atoms with Gasteiger partial charge in [0.2, 0.25) is 0 Å². The van der Waals surface area contributed by atoms with Gasteiger partial charge in [0.25, 0.3) is 0 Å². The standard InChI is InChI=1S/C12H19BrN2O2/c1-5-17-12(16)11-8(2)10(13)9(3)15(11)7-6-14-4/h14H,5-7H2,1-4H3. The topological polar surface area (TPSA) is 43.3 Å². The average Bonchev–Trinajstić information content (AvgIpc) is 2.51. The second kappa shape index (κ2) is 6.21. The Kier molecular flexibility index (Phi) is 5.21. The third-order valence-electron chi connectivity index (χ3n) is 2.73. The molecule has 0 aliphatic carbocycles. The van der Waals surface area contributed by atoms with Crippen molar-refractivity contribution in [1.29, 1.82) is 0 Å². The van der Waals surface area contributed by atoms with Gasteiger partial charge in [-0.1, -0.05) is 0 Å². The lowest BCUT2D eigenvalue weighted by atomic mass is 10.2. The first-order chi connectivity index (χ1) is 8.04. The lowest BCUT2D eigenvalue weighted by Gasteiger charge is -2.11. The van der Waals surface area contributed by atoms with Crippen LogP contribution in [-0.2, 0) is 11.3 Å². The van der Waals surface area contributed by atoms with Crippen LogP contribution in [0.5, 0.6) is 0 Å². The number of rotatable bonds is 5. The zero-order chi connectivity index (χ0) is 13.0. The van der Waals surface area contributed by atoms with E-state index >= 15 is 0 Å². The smallest absolute Gasteiger partial charge is 0.355 e. The number of aromatic nitrogens is 1. The van der Waals surface area contributed by atoms with Crippen molar-refractivity contribution in [2.45, 2.75) is 27.3 Å². The number of carbonyl (C=O) groups is 1. The molecule has 0 fully saturated rings. The van der Waals surface area contributed by atoms with Crippen LogP contribution in [0.2, 0.25) is 0 Å². The van der Waals surface area contributed by atoms with Crippen LogP contribution in [0.25, 0.3) is 0 Å². The summed E-state index contributed by atoms with van der Waals surface area (Å²) in [4.78, 5) is 11.9. The van der Waals surface area contributed by atoms with Crippen LogP contribution in [0, 0.1) is 13.8 Å². The summed E-state index contributed by atoms with van der Waals surface area (Å²) in [5.74, 6) is -0.255. The molecule has 5 heteroatoms. The van der Waals surface area contributed by atoms with Gasteiger partial charge in [0.05, 0.1) is 6.61 Å². The van der Waals surface area contributed by atoms with E-state index in [4.69, 9.17) is 4.74 Å². The van der Waals surface area contributed by atoms with Crippen LogP contribution in [-0.4, -0.2) is 30.7 Å². The number of ether oxygens (including phenoxy) is 1. The van der Waals surface area contributed by atoms with Gasteiger partial charge < -0.3 is 14.6 Å². The monoisotopic (exact) mass is 302 g/mol. The molecule has 1 heterocycles. The summed E-state index contributed by atoms with van der Waals surface area (Å²) < 4.78 is 8.07. The molecule has 0 amide bonds. The van der Waals surface area contributed by atoms with E-state index in [0.717, 1.165) is 28.8 Å². The normalized spacial score (nSPS) is 10.6. The number of esters is 1. The molecule has 0 saturated carbocycles. The fraction of sp³-hybridized carbons (Fsp3) is 0.583. The zero-order valence-corrected chi connectivity index (χ0v) is 12.3. The van der Waals surface area contributed by atoms with Crippen LogP contribution < -0.4 is 5.32 Å². The molecule has 1 rings (SSSR count). The van der Waals surface area contributed by atoms with Crippen LogP contribution in [0.1, 0.15) is 28.7 Å². The minimum absolute atomic E-state index is 0.255. The Morgan fingerprint density at radius 1 is 1.47 bits per heavy atom. The Balaban J connectivity index is 3.16. The molecule has 0 spiro atoms. The molecule has 0 bridgehead atoms. The van der Waals surface area contributed by atoms with E-state index < -0.39 is 0 Å². The SMILES string of the molecule is CCOC(=O)c1c(C)c(Br)c(C)n1CCNC. The minimum atomic E-state index is -0.255. The number of hydrogen-bond acceptors (Lipinski definition) is 3. The highest BCUT2D eigenvalue weighted by molar-refractivity contribution is 9.10. The molecule has 0 unspecified atom stereocenters. The predicted octanol–water partition coefficient (Wildman–Crippen LogP) is 2.26. The summed E-state index contributed by atoms with van der Waals surface area (Å²) in [6.45, 7) is 7.70. The highest BCUT2D eigenvalue weighted by Crippen LogP contribution is 2.27. The molecule has 0 atom stereocenters. The van der Waals surface area contributed by atoms with Crippen molar-refractivity contribution < 1.29 is 9.53 Å². The van der Waals surface area contributed by atoms with E-state index in [9.17, 15) is 4.79 Å². The zero-order valence-electron chi connectivity index (χ0n) is 10.8. The Hall–Kier alpha value is -0.810. The average molecular weight is 303 g/mol. The summed E-state index contributed by atoms with van der Waals surface area (Å²) in [5.41, 5.74) is 2.64. The molecule has 0 saturated heterocycles. The molecule has 1 aromatic heterocycles. The second-order valence-corrected chi connectivity index (χ2v) is 4.64. The third-order valence-corrected chi connectivity index (χ3v) is 3.90. The van der Waals surface area contributed by atoms with Crippen molar-refractivity contribution in [1.82, 2.24) is 9.88 Å². The molecular formula is C12H19BrN2O2. The van der Waals surface area contributed by atoms with Crippen molar-refractivity contribution in [2.75, 3.05) is 20.2 Å². The van der Waals surface area contributed by atoms with E-state index in [1.54, 1.807) is 0 Å². The first kappa shape index (κ1) is 14.3. The number of hydrogen-bond donors (Lipinski definition) is 1. The van der Waals surface area contributed by atoms with Gasteiger partial charge >= 0.3 is 5.97 Å². The molecular weight excluding hydrogens is 284 g/mol. The number of nitrogens with one attached hydrogen (secondary N) is 1. The van der Waals surface area contributed by atoms with Gasteiger partial charge in [-0.25, -0.2) is 4.79 Å². The molecule has 1 N–H and O–H groups in total. The van der Waals surface area contributed by atoms with E-state index in [1.165, 1.54) is 0 Å². The first-order valence-electron chi connectivity index (χ1n) is 5.71. The van der Waals surface area contributed by atoms with Gasteiger partial charge in [-0.2, -0.15) is 0 Å². The molecule has 96 valence electrons. The maximum Gasteiger partial charge on any atom is 0.355 e. The van der Waals surface area contributed by atoms with Gasteiger partial charge in [0, 0.05) is 23.3 Å². The molecule has 1 aromatic rings. The summed E-state index contributed by atoms with van der Waals surface area (Å²) in [7, 11) is 1.89. The van der Waals surface area contributed by atoms with E-state index in [-0.39, 0.29) is 5.97 Å². The number of halogens is 1. The quantitative estimate of drug-likeness (QED) is 0.849. The summed E-state index contributed by atoms with van der Waals surface area (Å²) >= 11 is 3.51. The number of nitrogens with zero attached hydrogens (tertiary/aromatic N) is 1. The lowest BCUT2D eigenvalue weighted by molar-refractivity contribution is 0.0512. The van der Waals surface area contributed by atoms with Gasteiger partial charge in [0.15, 0.2) is 0 Å². The number of likely N-dealkylation sites (N-methyl/N-ethyl adjacent to an activating group) is 1. The van der Waals surface area contributed by atoms with E-state index in [0.29, 0.717) is 12.3 Å². The Labute approximate surface area is 110 Å². The first-order valence-corrected chi connectivity index (χ1v) is 6.50. The molecule has 0 aliphatic heterocycles. The highest BCUT2D eigenvalue weighted by atomic mass is 79.9. The summed E-state index contributed by atoms with van der Waals surface area (Å²) in [5, 5.41) is 3.08. The van der Waals surface area contributed by atoms with Gasteiger partial charge in [-0.15, -0.1) is 0 Å². The van der Waals surface area contributed by atoms with E-state index in [2.05, 4.69) is 21.2 Å². The predicted molar refractivity (Wildman–Crippen MR) is 71.5 cm³/mol. The molecule has 0 aliphatic rings. The Bertz CT molecular complexity index is 413. The maximum absolute atomic E-state index is 11.9. The van der Waals surface area contributed by atoms with Crippen molar-refractivity contribution in [3.05, 3.63) is 21.4 Å². The third kappa shape index (κ3) is 2.90. The Morgan fingerprint density at radius 3 is 2.65 bits per heavy atom. The van der Waals surface area contributed by atoms with Crippen molar-refractivity contribution >= 4 is 21.9 Å². The van der Waals surface area contributed by atoms with Crippen molar-refractivity contribution in [3.8, 4) is 0 Å². The van der Waals surface area contributed by atoms with Crippen LogP contribution >= 0.6 is 15.9 Å². The Morgan fingerprint density at radius 2 is 2.12 bits per heavy atom. The highest BCUT2D eigenvalue weighted by Gasteiger charge is 2.21. The fourth-order valence-corrected chi connectivity index (χ4v) is 2.23. The summed E-state index contributed by atoms with van der Waals surface area (Å²) in [6.07, 6.45) is 0. The van der Waals surface area contributed by atoms with Crippen molar-refractivity contribution in [3.63, 3.8) is 0 Å². The molecule has 0 aromatic carbocycles. The maximum atomic E-state index is 11.9. The number of carbonyl (C=O) groups excluding carboxylic acids is 1. The van der Waals surface area contributed by atoms with Crippen LogP contribution in [0.3, 0.4) is 0 Å². The molecule has 0 radical (unpaired) electrons. The minimum Gasteiger partial charge on any atom is -0.461 e. The summed E-state index contributed by atoms with van der Waals surface area (Å²) in [6, 6.07) is 0. The van der Waals surface area contributed by atoms with Gasteiger partial charge in [0.1, 0.15) is 5.69 Å². The fourth-order valence-electron chi connectivity index (χ4n) is 1.83. The molecule has 17 heavy (non-hydrogen) atoms. The van der Waals surface area contributed by atoms with E-state index in [1.807, 2.05) is 32.4 Å². The van der Waals surface area contributed by atoms with Gasteiger partial charge in [-0.3, -0.25) is 0 Å². The second-order valence-electron chi connectivity index (χ2n) is 3.85. The van der Waals surface area contributed by atoms with Crippen LogP contribution in [0.4, 0.5) is 0 Å². The lowest BCUT2D eigenvalue weighted by Crippen LogP contribution is -2.20. The van der Waals surface area contributed by atoms with Crippen molar-refractivity contribution in [2.24, 2.45) is 0 Å². The largest absolute Gasteiger partial charge is 0.461 e.